The Hall–Kier alpha value is -1.90. The molecule has 2 aliphatic carbocycles. The lowest BCUT2D eigenvalue weighted by Gasteiger charge is -2.10. The normalized spacial score (nSPS) is 25.1. The van der Waals surface area contributed by atoms with E-state index < -0.39 is 0 Å². The Kier molecular flexibility index (Phi) is 2.14. The number of hydrogen-bond donors (Lipinski definition) is 0. The Morgan fingerprint density at radius 1 is 1.30 bits per heavy atom. The van der Waals surface area contributed by atoms with Crippen LogP contribution in [0.25, 0.3) is 0 Å². The molecule has 2 atom stereocenters. The van der Waals surface area contributed by atoms with Crippen molar-refractivity contribution in [3.05, 3.63) is 52.8 Å². The molecule has 2 aliphatic rings. The molecule has 2 aromatic rings. The summed E-state index contributed by atoms with van der Waals surface area (Å²) in [7, 11) is 0. The van der Waals surface area contributed by atoms with Gasteiger partial charge >= 0.3 is 0 Å². The van der Waals surface area contributed by atoms with E-state index in [-0.39, 0.29) is 5.91 Å². The van der Waals surface area contributed by atoms with Crippen molar-refractivity contribution >= 4 is 5.91 Å². The van der Waals surface area contributed by atoms with Gasteiger partial charge in [0.2, 0.25) is 0 Å². The second kappa shape index (κ2) is 3.60. The zero-order valence-corrected chi connectivity index (χ0v) is 12.1. The van der Waals surface area contributed by atoms with Gasteiger partial charge in [-0.25, -0.2) is 4.68 Å². The Labute approximate surface area is 118 Å². The van der Waals surface area contributed by atoms with Crippen LogP contribution >= 0.6 is 0 Å². The molecule has 1 saturated carbocycles. The lowest BCUT2D eigenvalue weighted by Crippen LogP contribution is -2.17. The van der Waals surface area contributed by atoms with Crippen LogP contribution in [0, 0.1) is 18.3 Å². The topological polar surface area (TPSA) is 34.9 Å². The number of rotatable bonds is 1. The molecule has 0 N–H and O–H groups in total. The Balaban J connectivity index is 1.78. The summed E-state index contributed by atoms with van der Waals surface area (Å²) in [5, 5.41) is 4.52. The summed E-state index contributed by atoms with van der Waals surface area (Å²) in [5.41, 5.74) is 4.61. The molecule has 1 fully saturated rings. The molecule has 3 heteroatoms. The standard InChI is InChI=1S/C17H18N2O/c1-10-14-13(9-12-15(14)17(12,2)3)19(18-10)16(20)11-7-5-4-6-8-11/h4-8,12,15H,9H2,1-3H3/t12-,15-/m1/s1. The molecule has 1 aromatic heterocycles. The highest BCUT2D eigenvalue weighted by Gasteiger charge is 2.64. The zero-order valence-electron chi connectivity index (χ0n) is 12.1. The van der Waals surface area contributed by atoms with Crippen LogP contribution in [-0.4, -0.2) is 15.7 Å². The minimum Gasteiger partial charge on any atom is -0.267 e. The van der Waals surface area contributed by atoms with Crippen molar-refractivity contribution < 1.29 is 4.79 Å². The summed E-state index contributed by atoms with van der Waals surface area (Å²) >= 11 is 0. The molecule has 0 unspecified atom stereocenters. The third-order valence-corrected chi connectivity index (χ3v) is 5.19. The van der Waals surface area contributed by atoms with Gasteiger partial charge in [-0.05, 0) is 42.7 Å². The van der Waals surface area contributed by atoms with E-state index in [1.807, 2.05) is 37.3 Å². The Morgan fingerprint density at radius 3 is 2.70 bits per heavy atom. The molecule has 0 radical (unpaired) electrons. The van der Waals surface area contributed by atoms with Crippen molar-refractivity contribution in [3.63, 3.8) is 0 Å². The van der Waals surface area contributed by atoms with Crippen LogP contribution in [0.5, 0.6) is 0 Å². The number of carbonyl (C=O) groups is 1. The predicted molar refractivity (Wildman–Crippen MR) is 76.9 cm³/mol. The Bertz CT molecular complexity index is 712. The van der Waals surface area contributed by atoms with E-state index in [1.54, 1.807) is 4.68 Å². The fourth-order valence-corrected chi connectivity index (χ4v) is 3.97. The number of nitrogens with zero attached hydrogens (tertiary/aromatic N) is 2. The van der Waals surface area contributed by atoms with Crippen molar-refractivity contribution in [1.82, 2.24) is 9.78 Å². The SMILES string of the molecule is Cc1nn(C(=O)c2ccccc2)c2c1[C@H]1[C@@H](C2)C1(C)C. The summed E-state index contributed by atoms with van der Waals surface area (Å²) in [6, 6.07) is 9.42. The number of carbonyl (C=O) groups excluding carboxylic acids is 1. The van der Waals surface area contributed by atoms with Crippen LogP contribution in [0.2, 0.25) is 0 Å². The molecule has 1 aromatic carbocycles. The van der Waals surface area contributed by atoms with Gasteiger partial charge in [-0.2, -0.15) is 5.10 Å². The minimum atomic E-state index is -0.00550. The molecule has 20 heavy (non-hydrogen) atoms. The third kappa shape index (κ3) is 1.35. The number of aryl methyl sites for hydroxylation is 1. The fourth-order valence-electron chi connectivity index (χ4n) is 3.97. The van der Waals surface area contributed by atoms with E-state index in [0.717, 1.165) is 17.8 Å². The molecule has 0 bridgehead atoms. The summed E-state index contributed by atoms with van der Waals surface area (Å²) in [5.74, 6) is 1.30. The van der Waals surface area contributed by atoms with Gasteiger partial charge in [-0.1, -0.05) is 32.0 Å². The smallest absolute Gasteiger partial charge is 0.267 e. The van der Waals surface area contributed by atoms with E-state index in [0.29, 0.717) is 22.8 Å². The molecule has 0 saturated heterocycles. The summed E-state index contributed by atoms with van der Waals surface area (Å²) in [4.78, 5) is 12.6. The lowest BCUT2D eigenvalue weighted by atomic mass is 9.98. The third-order valence-electron chi connectivity index (χ3n) is 5.19. The van der Waals surface area contributed by atoms with Crippen molar-refractivity contribution in [1.29, 1.82) is 0 Å². The van der Waals surface area contributed by atoms with Gasteiger partial charge in [0.25, 0.3) is 5.91 Å². The van der Waals surface area contributed by atoms with Crippen molar-refractivity contribution in [3.8, 4) is 0 Å². The van der Waals surface area contributed by atoms with E-state index in [2.05, 4.69) is 18.9 Å². The van der Waals surface area contributed by atoms with E-state index >= 15 is 0 Å². The van der Waals surface area contributed by atoms with Gasteiger partial charge < -0.3 is 0 Å². The van der Waals surface area contributed by atoms with E-state index in [4.69, 9.17) is 0 Å². The number of aromatic nitrogens is 2. The average molecular weight is 266 g/mol. The first kappa shape index (κ1) is 11.9. The van der Waals surface area contributed by atoms with Gasteiger partial charge in [0.1, 0.15) is 0 Å². The van der Waals surface area contributed by atoms with Crippen LogP contribution in [0.4, 0.5) is 0 Å². The fraction of sp³-hybridized carbons (Fsp3) is 0.412. The highest BCUT2D eigenvalue weighted by atomic mass is 16.2. The maximum Gasteiger partial charge on any atom is 0.278 e. The maximum absolute atomic E-state index is 12.6. The van der Waals surface area contributed by atoms with Crippen molar-refractivity contribution in [2.24, 2.45) is 11.3 Å². The van der Waals surface area contributed by atoms with Crippen LogP contribution in [-0.2, 0) is 6.42 Å². The maximum atomic E-state index is 12.6. The van der Waals surface area contributed by atoms with Crippen molar-refractivity contribution in [2.75, 3.05) is 0 Å². The van der Waals surface area contributed by atoms with Crippen molar-refractivity contribution in [2.45, 2.75) is 33.1 Å². The molecular weight excluding hydrogens is 248 g/mol. The molecule has 0 amide bonds. The quantitative estimate of drug-likeness (QED) is 0.794. The van der Waals surface area contributed by atoms with Gasteiger partial charge in [0.05, 0.1) is 11.4 Å². The number of benzene rings is 1. The summed E-state index contributed by atoms with van der Waals surface area (Å²) < 4.78 is 1.64. The number of fused-ring (bicyclic) bond motifs is 3. The molecule has 0 aliphatic heterocycles. The second-order valence-corrected chi connectivity index (χ2v) is 6.64. The summed E-state index contributed by atoms with van der Waals surface area (Å²) in [6.45, 7) is 6.67. The van der Waals surface area contributed by atoms with Gasteiger partial charge in [-0.15, -0.1) is 0 Å². The molecule has 0 spiro atoms. The molecular formula is C17H18N2O. The molecule has 1 heterocycles. The van der Waals surface area contributed by atoms with Crippen LogP contribution in [0.3, 0.4) is 0 Å². The predicted octanol–water partition coefficient (Wildman–Crippen LogP) is 3.18. The highest BCUT2D eigenvalue weighted by molar-refractivity contribution is 5.96. The van der Waals surface area contributed by atoms with Gasteiger partial charge in [0, 0.05) is 11.1 Å². The van der Waals surface area contributed by atoms with Crippen LogP contribution in [0.15, 0.2) is 30.3 Å². The first-order valence-corrected chi connectivity index (χ1v) is 7.20. The van der Waals surface area contributed by atoms with E-state index in [9.17, 15) is 4.79 Å². The summed E-state index contributed by atoms with van der Waals surface area (Å²) in [6.07, 6.45) is 0.992. The largest absolute Gasteiger partial charge is 0.278 e. The monoisotopic (exact) mass is 266 g/mol. The second-order valence-electron chi connectivity index (χ2n) is 6.64. The highest BCUT2D eigenvalue weighted by Crippen LogP contribution is 2.70. The van der Waals surface area contributed by atoms with Crippen LogP contribution < -0.4 is 0 Å². The minimum absolute atomic E-state index is 0.00550. The average Bonchev–Trinajstić information content (AvgIpc) is 2.82. The Morgan fingerprint density at radius 2 is 2.00 bits per heavy atom. The molecule has 4 rings (SSSR count). The first-order chi connectivity index (χ1) is 9.51. The molecule has 102 valence electrons. The van der Waals surface area contributed by atoms with E-state index in [1.165, 1.54) is 5.56 Å². The zero-order chi connectivity index (χ0) is 14.1. The molecule has 3 nitrogen and oxygen atoms in total. The first-order valence-electron chi connectivity index (χ1n) is 7.20. The lowest BCUT2D eigenvalue weighted by molar-refractivity contribution is 0.0941. The van der Waals surface area contributed by atoms with Gasteiger partial charge in [0.15, 0.2) is 0 Å². The van der Waals surface area contributed by atoms with Crippen LogP contribution in [0.1, 0.15) is 47.1 Å². The van der Waals surface area contributed by atoms with Gasteiger partial charge in [-0.3, -0.25) is 4.79 Å². The number of hydrogen-bond acceptors (Lipinski definition) is 2.